The van der Waals surface area contributed by atoms with Gasteiger partial charge in [0.05, 0.1) is 0 Å². The van der Waals surface area contributed by atoms with Crippen LogP contribution in [0.25, 0.3) is 0 Å². The van der Waals surface area contributed by atoms with E-state index in [1.165, 1.54) is 24.3 Å². The summed E-state index contributed by atoms with van der Waals surface area (Å²) in [5, 5.41) is 0. The SMILES string of the molecule is CC1CCC2CSCC12. The summed E-state index contributed by atoms with van der Waals surface area (Å²) in [5.74, 6) is 6.20. The lowest BCUT2D eigenvalue weighted by Crippen LogP contribution is -2.09. The molecule has 1 saturated heterocycles. The van der Waals surface area contributed by atoms with E-state index in [1.807, 2.05) is 0 Å². The lowest BCUT2D eigenvalue weighted by atomic mass is 9.94. The Labute approximate surface area is 61.4 Å². The van der Waals surface area contributed by atoms with Gasteiger partial charge in [-0.1, -0.05) is 13.3 Å². The summed E-state index contributed by atoms with van der Waals surface area (Å²) in [4.78, 5) is 0. The van der Waals surface area contributed by atoms with Crippen molar-refractivity contribution in [3.63, 3.8) is 0 Å². The van der Waals surface area contributed by atoms with Gasteiger partial charge in [0.2, 0.25) is 0 Å². The van der Waals surface area contributed by atoms with Gasteiger partial charge in [-0.25, -0.2) is 0 Å². The summed E-state index contributed by atoms with van der Waals surface area (Å²) in [6, 6.07) is 0. The maximum atomic E-state index is 2.43. The molecule has 0 aromatic rings. The molecule has 9 heavy (non-hydrogen) atoms. The Bertz CT molecular complexity index is 111. The van der Waals surface area contributed by atoms with E-state index in [9.17, 15) is 0 Å². The lowest BCUT2D eigenvalue weighted by Gasteiger charge is -2.10. The maximum absolute atomic E-state index is 2.43. The van der Waals surface area contributed by atoms with Crippen LogP contribution in [0.4, 0.5) is 0 Å². The predicted molar refractivity (Wildman–Crippen MR) is 42.7 cm³/mol. The molecule has 2 rings (SSSR count). The number of thioether (sulfide) groups is 1. The van der Waals surface area contributed by atoms with Crippen molar-refractivity contribution in [3.8, 4) is 0 Å². The van der Waals surface area contributed by atoms with Gasteiger partial charge in [0.1, 0.15) is 0 Å². The van der Waals surface area contributed by atoms with E-state index < -0.39 is 0 Å². The van der Waals surface area contributed by atoms with E-state index in [-0.39, 0.29) is 0 Å². The fourth-order valence-electron chi connectivity index (χ4n) is 2.23. The minimum Gasteiger partial charge on any atom is -0.161 e. The van der Waals surface area contributed by atoms with Gasteiger partial charge in [0.15, 0.2) is 0 Å². The highest BCUT2D eigenvalue weighted by Crippen LogP contribution is 2.45. The zero-order valence-electron chi connectivity index (χ0n) is 5.97. The van der Waals surface area contributed by atoms with Crippen molar-refractivity contribution in [3.05, 3.63) is 0 Å². The summed E-state index contributed by atoms with van der Waals surface area (Å²) >= 11 is 2.17. The maximum Gasteiger partial charge on any atom is -0.00335 e. The van der Waals surface area contributed by atoms with Crippen molar-refractivity contribution in [1.29, 1.82) is 0 Å². The molecule has 2 aliphatic rings. The largest absolute Gasteiger partial charge is 0.161 e. The van der Waals surface area contributed by atoms with Crippen LogP contribution in [0.3, 0.4) is 0 Å². The average molecular weight is 142 g/mol. The first-order valence-electron chi connectivity index (χ1n) is 3.95. The number of rotatable bonds is 0. The molecule has 0 nitrogen and oxygen atoms in total. The van der Waals surface area contributed by atoms with Gasteiger partial charge in [0.25, 0.3) is 0 Å². The molecule has 0 N–H and O–H groups in total. The topological polar surface area (TPSA) is 0 Å². The number of fused-ring (bicyclic) bond motifs is 1. The quantitative estimate of drug-likeness (QED) is 0.500. The Balaban J connectivity index is 2.07. The Morgan fingerprint density at radius 1 is 1.22 bits per heavy atom. The molecule has 0 spiro atoms. The third kappa shape index (κ3) is 0.899. The third-order valence-corrected chi connectivity index (χ3v) is 4.26. The fraction of sp³-hybridized carbons (Fsp3) is 1.00. The molecule has 0 bridgehead atoms. The highest BCUT2D eigenvalue weighted by Gasteiger charge is 2.36. The van der Waals surface area contributed by atoms with Gasteiger partial charge < -0.3 is 0 Å². The van der Waals surface area contributed by atoms with Crippen molar-refractivity contribution >= 4 is 11.8 Å². The smallest absolute Gasteiger partial charge is 0.00335 e. The molecule has 1 heteroatoms. The summed E-state index contributed by atoms with van der Waals surface area (Å²) in [6.45, 7) is 2.43. The molecule has 3 atom stereocenters. The van der Waals surface area contributed by atoms with Crippen LogP contribution in [0.15, 0.2) is 0 Å². The van der Waals surface area contributed by atoms with Crippen LogP contribution in [0.2, 0.25) is 0 Å². The van der Waals surface area contributed by atoms with Crippen molar-refractivity contribution < 1.29 is 0 Å². The molecule has 0 amide bonds. The van der Waals surface area contributed by atoms with Crippen LogP contribution in [0.1, 0.15) is 19.8 Å². The van der Waals surface area contributed by atoms with Crippen LogP contribution >= 0.6 is 11.8 Å². The fourth-order valence-corrected chi connectivity index (χ4v) is 3.96. The molecular weight excluding hydrogens is 128 g/mol. The first kappa shape index (κ1) is 6.09. The van der Waals surface area contributed by atoms with E-state index in [0.717, 1.165) is 17.8 Å². The second-order valence-electron chi connectivity index (χ2n) is 3.52. The van der Waals surface area contributed by atoms with Crippen LogP contribution in [0.5, 0.6) is 0 Å². The van der Waals surface area contributed by atoms with E-state index in [2.05, 4.69) is 18.7 Å². The van der Waals surface area contributed by atoms with Crippen LogP contribution in [0, 0.1) is 17.8 Å². The Hall–Kier alpha value is 0.350. The summed E-state index contributed by atoms with van der Waals surface area (Å²) < 4.78 is 0. The van der Waals surface area contributed by atoms with E-state index in [1.54, 1.807) is 0 Å². The molecule has 1 heterocycles. The normalized spacial score (nSPS) is 49.7. The molecule has 1 saturated carbocycles. The second kappa shape index (κ2) is 2.19. The molecule has 52 valence electrons. The molecule has 2 fully saturated rings. The first-order chi connectivity index (χ1) is 4.38. The molecule has 1 aliphatic heterocycles. The Morgan fingerprint density at radius 2 is 2.11 bits per heavy atom. The van der Waals surface area contributed by atoms with Crippen molar-refractivity contribution in [2.24, 2.45) is 17.8 Å². The first-order valence-corrected chi connectivity index (χ1v) is 5.11. The Kier molecular flexibility index (Phi) is 1.48. The molecule has 0 radical (unpaired) electrons. The standard InChI is InChI=1S/C8H14S/c1-6-2-3-7-4-9-5-8(6)7/h6-8H,2-5H2,1H3. The van der Waals surface area contributed by atoms with Crippen LogP contribution < -0.4 is 0 Å². The van der Waals surface area contributed by atoms with Crippen LogP contribution in [-0.2, 0) is 0 Å². The second-order valence-corrected chi connectivity index (χ2v) is 4.59. The summed E-state index contributed by atoms with van der Waals surface area (Å²) in [6.07, 6.45) is 3.04. The van der Waals surface area contributed by atoms with Gasteiger partial charge in [0, 0.05) is 0 Å². The monoisotopic (exact) mass is 142 g/mol. The van der Waals surface area contributed by atoms with Gasteiger partial charge in [-0.05, 0) is 35.7 Å². The zero-order chi connectivity index (χ0) is 6.27. The molecule has 0 aromatic heterocycles. The van der Waals surface area contributed by atoms with E-state index in [0.29, 0.717) is 0 Å². The van der Waals surface area contributed by atoms with Crippen LogP contribution in [-0.4, -0.2) is 11.5 Å². The van der Waals surface area contributed by atoms with Gasteiger partial charge in [-0.3, -0.25) is 0 Å². The highest BCUT2D eigenvalue weighted by atomic mass is 32.2. The minimum absolute atomic E-state index is 1.05. The molecule has 0 aromatic carbocycles. The zero-order valence-corrected chi connectivity index (χ0v) is 6.79. The van der Waals surface area contributed by atoms with Crippen molar-refractivity contribution in [2.45, 2.75) is 19.8 Å². The van der Waals surface area contributed by atoms with Gasteiger partial charge >= 0.3 is 0 Å². The van der Waals surface area contributed by atoms with Crippen molar-refractivity contribution in [2.75, 3.05) is 11.5 Å². The van der Waals surface area contributed by atoms with Gasteiger partial charge in [-0.2, -0.15) is 11.8 Å². The van der Waals surface area contributed by atoms with Gasteiger partial charge in [-0.15, -0.1) is 0 Å². The summed E-state index contributed by atoms with van der Waals surface area (Å²) in [7, 11) is 0. The van der Waals surface area contributed by atoms with Crippen molar-refractivity contribution in [1.82, 2.24) is 0 Å². The molecular formula is C8H14S. The minimum atomic E-state index is 1.05. The third-order valence-electron chi connectivity index (χ3n) is 2.97. The highest BCUT2D eigenvalue weighted by molar-refractivity contribution is 7.99. The predicted octanol–water partition coefficient (Wildman–Crippen LogP) is 2.40. The molecule has 1 aliphatic carbocycles. The number of hydrogen-bond donors (Lipinski definition) is 0. The van der Waals surface area contributed by atoms with E-state index in [4.69, 9.17) is 0 Å². The molecule has 3 unspecified atom stereocenters. The summed E-state index contributed by atoms with van der Waals surface area (Å²) in [5.41, 5.74) is 0. The number of hydrogen-bond acceptors (Lipinski definition) is 1. The van der Waals surface area contributed by atoms with E-state index >= 15 is 0 Å². The lowest BCUT2D eigenvalue weighted by molar-refractivity contribution is 0.408. The average Bonchev–Trinajstić information content (AvgIpc) is 2.35. The Morgan fingerprint density at radius 3 is 2.89 bits per heavy atom.